The molecule has 0 radical (unpaired) electrons. The Morgan fingerprint density at radius 1 is 0.909 bits per heavy atom. The van der Waals surface area contributed by atoms with Crippen LogP contribution < -0.4 is 5.32 Å². The van der Waals surface area contributed by atoms with E-state index in [4.69, 9.17) is 4.18 Å². The van der Waals surface area contributed by atoms with Crippen molar-refractivity contribution < 1.29 is 32.0 Å². The number of nitrogens with one attached hydrogen (secondary N) is 1. The summed E-state index contributed by atoms with van der Waals surface area (Å²) < 4.78 is 42.6. The molecule has 0 aromatic rings. The minimum atomic E-state index is -3.50. The van der Waals surface area contributed by atoms with Gasteiger partial charge in [-0.2, -0.15) is 8.42 Å². The molecule has 0 heterocycles. The number of halogens is 1. The molecule has 7 rings (SSSR count). The molecule has 7 aliphatic carbocycles. The van der Waals surface area contributed by atoms with Crippen LogP contribution in [0.4, 0.5) is 4.39 Å². The smallest absolute Gasteiger partial charge is 0.312 e. The molecule has 7 aliphatic rings. The van der Waals surface area contributed by atoms with E-state index in [9.17, 15) is 27.8 Å². The molecule has 0 saturated heterocycles. The van der Waals surface area contributed by atoms with E-state index in [1.165, 1.54) is 55.2 Å². The van der Waals surface area contributed by atoms with Crippen LogP contribution in [0.1, 0.15) is 151 Å². The predicted molar refractivity (Wildman–Crippen MR) is 216 cm³/mol. The fourth-order valence-corrected chi connectivity index (χ4v) is 16.1. The molecule has 9 heteroatoms. The Balaban J connectivity index is 1.10. The second-order valence-corrected chi connectivity index (χ2v) is 23.0. The monoisotopic (exact) mass is 786 g/mol. The van der Waals surface area contributed by atoms with Gasteiger partial charge in [0, 0.05) is 5.54 Å². The van der Waals surface area contributed by atoms with E-state index in [1.54, 1.807) is 0 Å². The lowest BCUT2D eigenvalue weighted by Crippen LogP contribution is -2.68. The Morgan fingerprint density at radius 3 is 2.22 bits per heavy atom. The van der Waals surface area contributed by atoms with Crippen LogP contribution in [0.2, 0.25) is 0 Å². The van der Waals surface area contributed by atoms with Crippen molar-refractivity contribution in [1.29, 1.82) is 0 Å². The van der Waals surface area contributed by atoms with Gasteiger partial charge >= 0.3 is 5.97 Å². The first-order valence-corrected chi connectivity index (χ1v) is 23.6. The van der Waals surface area contributed by atoms with Crippen molar-refractivity contribution in [3.05, 3.63) is 35.5 Å². The lowest BCUT2D eigenvalue weighted by molar-refractivity contribution is -0.221. The highest BCUT2D eigenvalue weighted by Crippen LogP contribution is 2.76. The zero-order valence-corrected chi connectivity index (χ0v) is 35.9. The first-order valence-electron chi connectivity index (χ1n) is 21.8. The molecular weight excluding hydrogens is 714 g/mol. The summed E-state index contributed by atoms with van der Waals surface area (Å²) >= 11 is 0. The molecule has 310 valence electrons. The maximum Gasteiger partial charge on any atom is 0.312 e. The van der Waals surface area contributed by atoms with Crippen molar-refractivity contribution in [2.24, 2.45) is 56.7 Å². The molecule has 0 aromatic carbocycles. The number of allylic oxidation sites excluding steroid dienone is 5. The largest absolute Gasteiger partial charge is 0.481 e. The maximum atomic E-state index is 14.0. The molecule has 55 heavy (non-hydrogen) atoms. The topological polar surface area (TPSA) is 113 Å². The summed E-state index contributed by atoms with van der Waals surface area (Å²) in [6.07, 6.45) is 20.2. The van der Waals surface area contributed by atoms with E-state index in [0.29, 0.717) is 74.5 Å². The highest BCUT2D eigenvalue weighted by Gasteiger charge is 2.70. The lowest BCUT2D eigenvalue weighted by atomic mass is 9.33. The number of carboxylic acid groups (broad SMARTS) is 1. The van der Waals surface area contributed by atoms with Gasteiger partial charge in [0.1, 0.15) is 6.67 Å². The number of rotatable bonds is 10. The second kappa shape index (κ2) is 14.0. The number of hydrogen-bond acceptors (Lipinski definition) is 6. The summed E-state index contributed by atoms with van der Waals surface area (Å²) in [6, 6.07) is 0. The minimum absolute atomic E-state index is 0.0387. The van der Waals surface area contributed by atoms with Crippen LogP contribution in [0.25, 0.3) is 0 Å². The van der Waals surface area contributed by atoms with Crippen LogP contribution in [0.15, 0.2) is 35.5 Å². The van der Waals surface area contributed by atoms with Crippen LogP contribution in [0, 0.1) is 56.7 Å². The maximum absolute atomic E-state index is 14.0. The van der Waals surface area contributed by atoms with Crippen molar-refractivity contribution >= 4 is 16.1 Å². The molecular formula is C46H72FNO6S. The summed E-state index contributed by atoms with van der Waals surface area (Å²) in [5.74, 6) is 1.76. The Bertz CT molecular complexity index is 1710. The molecule has 0 amide bonds. The number of carboxylic acids is 1. The van der Waals surface area contributed by atoms with E-state index in [1.807, 2.05) is 0 Å². The van der Waals surface area contributed by atoms with E-state index < -0.39 is 33.8 Å². The summed E-state index contributed by atoms with van der Waals surface area (Å²) in [6.45, 7) is 19.6. The van der Waals surface area contributed by atoms with E-state index in [-0.39, 0.29) is 39.7 Å². The third kappa shape index (κ3) is 6.67. The van der Waals surface area contributed by atoms with Crippen molar-refractivity contribution in [1.82, 2.24) is 5.32 Å². The van der Waals surface area contributed by atoms with Gasteiger partial charge in [-0.3, -0.25) is 8.98 Å². The van der Waals surface area contributed by atoms with Gasteiger partial charge in [0.2, 0.25) is 0 Å². The van der Waals surface area contributed by atoms with Gasteiger partial charge in [-0.05, 0) is 185 Å². The molecule has 5 saturated carbocycles. The number of carbonyl (C=O) groups is 1. The van der Waals surface area contributed by atoms with E-state index in [0.717, 1.165) is 32.1 Å². The van der Waals surface area contributed by atoms with E-state index in [2.05, 4.69) is 65.6 Å². The molecule has 3 N–H and O–H groups in total. The average molecular weight is 786 g/mol. The Labute approximate surface area is 331 Å². The van der Waals surface area contributed by atoms with Gasteiger partial charge in [-0.15, -0.1) is 0 Å². The van der Waals surface area contributed by atoms with Gasteiger partial charge in [0.15, 0.2) is 0 Å². The van der Waals surface area contributed by atoms with Crippen molar-refractivity contribution in [3.63, 3.8) is 0 Å². The van der Waals surface area contributed by atoms with Crippen LogP contribution in [0.3, 0.4) is 0 Å². The Hall–Kier alpha value is -1.55. The fraction of sp³-hybridized carbons (Fsp3) is 0.848. The van der Waals surface area contributed by atoms with Crippen molar-refractivity contribution in [3.8, 4) is 0 Å². The van der Waals surface area contributed by atoms with Gasteiger partial charge < -0.3 is 15.5 Å². The Morgan fingerprint density at radius 2 is 1.62 bits per heavy atom. The van der Waals surface area contributed by atoms with Crippen molar-refractivity contribution in [2.75, 3.05) is 19.5 Å². The predicted octanol–water partition coefficient (Wildman–Crippen LogP) is 9.71. The first-order chi connectivity index (χ1) is 25.6. The SMILES string of the molecule is C=C(C)[C@@H]1CC[C@]2(NCCC3(O)CCC(OS(C)(=O)=O)CC3)CC[C@]3(C)[C@H](CC[C@@H]4[C@@]5(C)CC=C(C6=CC[C@](CF)(C(=O)O)CC6)C(C)(C)[C@@H]5CC[C@]43C)[C@@H]12. The van der Waals surface area contributed by atoms with Gasteiger partial charge in [0.05, 0.1) is 23.4 Å². The highest BCUT2D eigenvalue weighted by atomic mass is 32.2. The van der Waals surface area contributed by atoms with Crippen LogP contribution in [-0.2, 0) is 19.1 Å². The average Bonchev–Trinajstić information content (AvgIpc) is 3.49. The number of aliphatic carboxylic acids is 1. The minimum Gasteiger partial charge on any atom is -0.481 e. The molecule has 0 bridgehead atoms. The van der Waals surface area contributed by atoms with Gasteiger partial charge in [0.25, 0.3) is 10.1 Å². The first kappa shape index (κ1) is 41.6. The normalized spacial score (nSPS) is 46.6. The summed E-state index contributed by atoms with van der Waals surface area (Å²) in [4.78, 5) is 12.0. The number of fused-ring (bicyclic) bond motifs is 7. The summed E-state index contributed by atoms with van der Waals surface area (Å²) in [5.41, 5.74) is 2.50. The summed E-state index contributed by atoms with van der Waals surface area (Å²) in [7, 11) is -3.50. The van der Waals surface area contributed by atoms with Crippen LogP contribution >= 0.6 is 0 Å². The third-order valence-electron chi connectivity index (χ3n) is 18.6. The molecule has 10 atom stereocenters. The van der Waals surface area contributed by atoms with E-state index >= 15 is 0 Å². The number of hydrogen-bond donors (Lipinski definition) is 3. The Kier molecular flexibility index (Phi) is 10.6. The molecule has 0 aliphatic heterocycles. The number of alkyl halides is 1. The molecule has 7 nitrogen and oxygen atoms in total. The fourth-order valence-electron chi connectivity index (χ4n) is 15.4. The zero-order chi connectivity index (χ0) is 40.0. The molecule has 0 unspecified atom stereocenters. The number of aliphatic hydroxyl groups is 1. The third-order valence-corrected chi connectivity index (χ3v) is 19.2. The second-order valence-electron chi connectivity index (χ2n) is 21.4. The standard InChI is InChI=1S/C46H72FNO6S/c1-30(2)33-15-24-46(48-28-27-45(51)22-13-32(14-23-45)54-55(8,52)53)26-25-42(6)35(38(33)46)9-10-37-41(5)18-16-34(40(3,4)36(41)17-19-43(37,42)7)31-11-20-44(29-47,21-12-31)39(49)50/h11,16,32-33,35-38,48,51H,1,9-10,12-15,17-29H2,2-8H3,(H,49,50)/t32?,33-,35+,36-,37+,38+,41-,42+,43+,44-,45?,46-/m0/s1. The summed E-state index contributed by atoms with van der Waals surface area (Å²) in [5, 5.41) is 25.6. The van der Waals surface area contributed by atoms with Crippen LogP contribution in [-0.4, -0.2) is 61.3 Å². The lowest BCUT2D eigenvalue weighted by Gasteiger charge is -2.72. The molecule has 0 spiro atoms. The van der Waals surface area contributed by atoms with Crippen LogP contribution in [0.5, 0.6) is 0 Å². The van der Waals surface area contributed by atoms with Gasteiger partial charge in [-0.1, -0.05) is 58.9 Å². The molecule has 0 aromatic heterocycles. The zero-order valence-electron chi connectivity index (χ0n) is 35.1. The van der Waals surface area contributed by atoms with Crippen molar-refractivity contribution in [2.45, 2.75) is 168 Å². The quantitative estimate of drug-likeness (QED) is 0.149. The van der Waals surface area contributed by atoms with Gasteiger partial charge in [-0.25, -0.2) is 4.39 Å². The highest BCUT2D eigenvalue weighted by molar-refractivity contribution is 7.86. The molecule has 5 fully saturated rings.